The van der Waals surface area contributed by atoms with Crippen molar-refractivity contribution in [3.8, 4) is 0 Å². The van der Waals surface area contributed by atoms with Crippen LogP contribution < -0.4 is 0 Å². The van der Waals surface area contributed by atoms with E-state index in [1.807, 2.05) is 0 Å². The summed E-state index contributed by atoms with van der Waals surface area (Å²) < 4.78 is 70.8. The summed E-state index contributed by atoms with van der Waals surface area (Å²) in [5.74, 6) is -2.37. The number of hydrogen-bond acceptors (Lipinski definition) is 1. The monoisotopic (exact) mass is 208 g/mol. The molecule has 78 valence electrons. The molecule has 13 heavy (non-hydrogen) atoms. The van der Waals surface area contributed by atoms with Crippen LogP contribution in [-0.2, 0) is 4.79 Å². The first-order valence-corrected chi connectivity index (χ1v) is 3.21. The highest BCUT2D eigenvalue weighted by Gasteiger charge is 2.38. The third kappa shape index (κ3) is 3.23. The van der Waals surface area contributed by atoms with Gasteiger partial charge in [0.25, 0.3) is 6.43 Å². The van der Waals surface area contributed by atoms with Crippen molar-refractivity contribution in [1.29, 1.82) is 0 Å². The molecule has 0 aliphatic carbocycles. The molecular weight excluding hydrogens is 202 g/mol. The van der Waals surface area contributed by atoms with Gasteiger partial charge in [0.05, 0.1) is 0 Å². The van der Waals surface area contributed by atoms with Gasteiger partial charge in [0.15, 0.2) is 18.5 Å². The zero-order chi connectivity index (χ0) is 10.6. The van der Waals surface area contributed by atoms with Crippen molar-refractivity contribution in [1.82, 2.24) is 0 Å². The molecule has 0 aliphatic rings. The summed E-state index contributed by atoms with van der Waals surface area (Å²) >= 11 is 0. The van der Waals surface area contributed by atoms with E-state index >= 15 is 0 Å². The molecular formula is C6H6F6O. The smallest absolute Gasteiger partial charge is 0.290 e. The van der Waals surface area contributed by atoms with Gasteiger partial charge in [-0.05, 0) is 0 Å². The summed E-state index contributed by atoms with van der Waals surface area (Å²) in [7, 11) is 0. The van der Waals surface area contributed by atoms with Crippen molar-refractivity contribution >= 4 is 5.78 Å². The molecule has 0 bridgehead atoms. The highest BCUT2D eigenvalue weighted by molar-refractivity contribution is 5.86. The van der Waals surface area contributed by atoms with E-state index < -0.39 is 37.4 Å². The molecule has 0 aromatic rings. The number of carbonyl (C=O) groups excluding carboxylic acids is 1. The summed E-state index contributed by atoms with van der Waals surface area (Å²) in [4.78, 5) is 10.1. The Morgan fingerprint density at radius 2 is 1.54 bits per heavy atom. The van der Waals surface area contributed by atoms with Gasteiger partial charge in [-0.15, -0.1) is 0 Å². The van der Waals surface area contributed by atoms with Crippen molar-refractivity contribution in [2.24, 2.45) is 0 Å². The zero-order valence-electron chi connectivity index (χ0n) is 6.19. The van der Waals surface area contributed by atoms with Gasteiger partial charge in [0.1, 0.15) is 6.67 Å². The van der Waals surface area contributed by atoms with Gasteiger partial charge in [0, 0.05) is 0 Å². The molecule has 7 heteroatoms. The molecule has 0 aliphatic heterocycles. The largest absolute Gasteiger partial charge is 0.299 e. The quantitative estimate of drug-likeness (QED) is 0.629. The van der Waals surface area contributed by atoms with Crippen LogP contribution in [0.3, 0.4) is 0 Å². The van der Waals surface area contributed by atoms with Crippen LogP contribution in [0.25, 0.3) is 0 Å². The second-order valence-corrected chi connectivity index (χ2v) is 2.22. The Balaban J connectivity index is 4.24. The number of halogens is 6. The lowest BCUT2D eigenvalue weighted by molar-refractivity contribution is -0.138. The van der Waals surface area contributed by atoms with E-state index in [0.717, 1.165) is 0 Å². The first kappa shape index (κ1) is 12.2. The highest BCUT2D eigenvalue weighted by atomic mass is 19.3. The van der Waals surface area contributed by atoms with Gasteiger partial charge in [-0.2, -0.15) is 0 Å². The molecule has 3 atom stereocenters. The van der Waals surface area contributed by atoms with E-state index in [0.29, 0.717) is 0 Å². The molecule has 0 aromatic heterocycles. The fourth-order valence-corrected chi connectivity index (χ4v) is 0.546. The molecule has 3 unspecified atom stereocenters. The predicted molar refractivity (Wildman–Crippen MR) is 31.7 cm³/mol. The topological polar surface area (TPSA) is 17.1 Å². The Morgan fingerprint density at radius 1 is 1.08 bits per heavy atom. The molecule has 0 rings (SSSR count). The average Bonchev–Trinajstić information content (AvgIpc) is 2.12. The van der Waals surface area contributed by atoms with Crippen LogP contribution in [0.2, 0.25) is 0 Å². The van der Waals surface area contributed by atoms with Gasteiger partial charge in [-0.3, -0.25) is 4.79 Å². The third-order valence-electron chi connectivity index (χ3n) is 1.26. The molecule has 0 N–H and O–H groups in total. The van der Waals surface area contributed by atoms with E-state index in [4.69, 9.17) is 0 Å². The standard InChI is InChI=1S/C6H6F6O/c7-1-2(8)3(9)4(10)5(13)6(11)12/h2-4,6H,1H2. The zero-order valence-corrected chi connectivity index (χ0v) is 6.19. The normalized spacial score (nSPS) is 18.4. The Kier molecular flexibility index (Phi) is 4.79. The van der Waals surface area contributed by atoms with Crippen LogP contribution in [0.15, 0.2) is 0 Å². The third-order valence-corrected chi connectivity index (χ3v) is 1.26. The molecule has 0 aromatic carbocycles. The average molecular weight is 208 g/mol. The minimum absolute atomic E-state index is 1.86. The minimum atomic E-state index is -3.72. The number of alkyl halides is 6. The number of carbonyl (C=O) groups is 1. The van der Waals surface area contributed by atoms with Crippen molar-refractivity contribution < 1.29 is 31.1 Å². The fourth-order valence-electron chi connectivity index (χ4n) is 0.546. The number of hydrogen-bond donors (Lipinski definition) is 0. The number of Topliss-reactive ketones (excluding diaryl/α,β-unsaturated/α-hetero) is 1. The Morgan fingerprint density at radius 3 is 1.85 bits per heavy atom. The predicted octanol–water partition coefficient (Wildman–Crippen LogP) is 1.80. The highest BCUT2D eigenvalue weighted by Crippen LogP contribution is 2.16. The summed E-state index contributed by atoms with van der Waals surface area (Å²) in [6.45, 7) is -1.86. The van der Waals surface area contributed by atoms with Gasteiger partial charge in [0.2, 0.25) is 5.78 Å². The lowest BCUT2D eigenvalue weighted by Crippen LogP contribution is -2.38. The maximum Gasteiger partial charge on any atom is 0.299 e. The van der Waals surface area contributed by atoms with E-state index in [2.05, 4.69) is 0 Å². The summed E-state index contributed by atoms with van der Waals surface area (Å²) in [6.07, 6.45) is -13.1. The van der Waals surface area contributed by atoms with Gasteiger partial charge < -0.3 is 0 Å². The minimum Gasteiger partial charge on any atom is -0.290 e. The summed E-state index contributed by atoms with van der Waals surface area (Å²) in [5.41, 5.74) is 0. The van der Waals surface area contributed by atoms with Crippen LogP contribution in [0, 0.1) is 0 Å². The van der Waals surface area contributed by atoms with E-state index in [1.165, 1.54) is 0 Å². The lowest BCUT2D eigenvalue weighted by atomic mass is 10.1. The SMILES string of the molecule is O=C(C(F)F)C(F)C(F)C(F)CF. The molecule has 0 fully saturated rings. The maximum atomic E-state index is 12.3. The van der Waals surface area contributed by atoms with Crippen molar-refractivity contribution in [2.45, 2.75) is 24.9 Å². The van der Waals surface area contributed by atoms with Crippen molar-refractivity contribution in [3.63, 3.8) is 0 Å². The number of ketones is 1. The second kappa shape index (κ2) is 5.08. The van der Waals surface area contributed by atoms with Gasteiger partial charge in [-0.25, -0.2) is 26.3 Å². The van der Waals surface area contributed by atoms with Crippen LogP contribution >= 0.6 is 0 Å². The molecule has 0 spiro atoms. The first-order chi connectivity index (χ1) is 5.91. The molecule has 1 nitrogen and oxygen atoms in total. The second-order valence-electron chi connectivity index (χ2n) is 2.22. The Bertz CT molecular complexity index is 173. The molecule has 0 radical (unpaired) electrons. The Labute approximate surface area is 69.7 Å². The number of rotatable bonds is 5. The lowest BCUT2D eigenvalue weighted by Gasteiger charge is -2.13. The summed E-state index contributed by atoms with van der Waals surface area (Å²) in [5, 5.41) is 0. The fraction of sp³-hybridized carbons (Fsp3) is 0.833. The van der Waals surface area contributed by atoms with E-state index in [1.54, 1.807) is 0 Å². The molecule has 0 saturated carbocycles. The van der Waals surface area contributed by atoms with Crippen molar-refractivity contribution in [2.75, 3.05) is 6.67 Å². The summed E-state index contributed by atoms with van der Waals surface area (Å²) in [6, 6.07) is 0. The van der Waals surface area contributed by atoms with E-state index in [-0.39, 0.29) is 0 Å². The molecule has 0 saturated heterocycles. The van der Waals surface area contributed by atoms with Crippen LogP contribution in [0.5, 0.6) is 0 Å². The van der Waals surface area contributed by atoms with Crippen LogP contribution in [-0.4, -0.2) is 37.4 Å². The first-order valence-electron chi connectivity index (χ1n) is 3.21. The maximum absolute atomic E-state index is 12.3. The van der Waals surface area contributed by atoms with E-state index in [9.17, 15) is 31.1 Å². The Hall–Kier alpha value is -0.750. The van der Waals surface area contributed by atoms with Crippen LogP contribution in [0.1, 0.15) is 0 Å². The molecule has 0 amide bonds. The van der Waals surface area contributed by atoms with Crippen LogP contribution in [0.4, 0.5) is 26.3 Å². The van der Waals surface area contributed by atoms with Gasteiger partial charge in [-0.1, -0.05) is 0 Å². The van der Waals surface area contributed by atoms with Gasteiger partial charge >= 0.3 is 0 Å². The van der Waals surface area contributed by atoms with Crippen molar-refractivity contribution in [3.05, 3.63) is 0 Å². The molecule has 0 heterocycles.